The van der Waals surface area contributed by atoms with Crippen LogP contribution in [-0.2, 0) is 4.74 Å². The van der Waals surface area contributed by atoms with Crippen molar-refractivity contribution in [2.45, 2.75) is 31.5 Å². The van der Waals surface area contributed by atoms with Crippen molar-refractivity contribution in [3.8, 4) is 0 Å². The van der Waals surface area contributed by atoms with Crippen LogP contribution in [0.3, 0.4) is 0 Å². The van der Waals surface area contributed by atoms with E-state index in [4.69, 9.17) is 9.84 Å². The quantitative estimate of drug-likeness (QED) is 0.566. The van der Waals surface area contributed by atoms with E-state index in [0.29, 0.717) is 0 Å². The molecule has 2 nitrogen and oxygen atoms in total. The average molecular weight is 129 g/mol. The van der Waals surface area contributed by atoms with E-state index < -0.39 is 0 Å². The Morgan fingerprint density at radius 1 is 1.56 bits per heavy atom. The number of rotatable bonds is 1. The number of hydrogen-bond donors (Lipinski definition) is 1. The van der Waals surface area contributed by atoms with Gasteiger partial charge in [-0.1, -0.05) is 0 Å². The molecule has 0 aromatic carbocycles. The van der Waals surface area contributed by atoms with Crippen LogP contribution < -0.4 is 0 Å². The zero-order chi connectivity index (χ0) is 6.69. The topological polar surface area (TPSA) is 29.5 Å². The number of aliphatic hydroxyl groups excluding tert-OH is 1. The van der Waals surface area contributed by atoms with E-state index in [1.807, 2.05) is 6.42 Å². The lowest BCUT2D eigenvalue weighted by Crippen LogP contribution is -2.25. The van der Waals surface area contributed by atoms with Crippen molar-refractivity contribution in [3.05, 3.63) is 6.42 Å². The van der Waals surface area contributed by atoms with E-state index in [0.717, 1.165) is 19.3 Å². The smallest absolute Gasteiger partial charge is 0.0628 e. The summed E-state index contributed by atoms with van der Waals surface area (Å²) in [6.07, 6.45) is 4.87. The van der Waals surface area contributed by atoms with Crippen LogP contribution in [-0.4, -0.2) is 24.4 Å². The van der Waals surface area contributed by atoms with Crippen LogP contribution in [0.5, 0.6) is 0 Å². The van der Waals surface area contributed by atoms with Gasteiger partial charge < -0.3 is 9.84 Å². The summed E-state index contributed by atoms with van der Waals surface area (Å²) in [5, 5.41) is 9.08. The summed E-state index contributed by atoms with van der Waals surface area (Å²) in [5.74, 6) is 0. The third-order valence-corrected chi connectivity index (χ3v) is 1.73. The molecule has 0 spiro atoms. The Hall–Kier alpha value is -0.0800. The van der Waals surface area contributed by atoms with E-state index in [1.54, 1.807) is 7.11 Å². The minimum atomic E-state index is -0.233. The lowest BCUT2D eigenvalue weighted by Gasteiger charge is -2.23. The molecule has 1 aliphatic carbocycles. The van der Waals surface area contributed by atoms with Gasteiger partial charge in [-0.2, -0.15) is 0 Å². The predicted octanol–water partition coefficient (Wildman–Crippen LogP) is 0.750. The number of ether oxygens (including phenoxy) is 1. The van der Waals surface area contributed by atoms with E-state index >= 15 is 0 Å². The number of methoxy groups -OCH3 is 1. The summed E-state index contributed by atoms with van der Waals surface area (Å²) in [7, 11) is 1.68. The minimum Gasteiger partial charge on any atom is -0.393 e. The fourth-order valence-corrected chi connectivity index (χ4v) is 1.16. The highest BCUT2D eigenvalue weighted by Gasteiger charge is 2.19. The Kier molecular flexibility index (Phi) is 2.49. The SMILES string of the molecule is CO[C@H]1[CH][C@H](O)CCC1. The highest BCUT2D eigenvalue weighted by Crippen LogP contribution is 2.18. The summed E-state index contributed by atoms with van der Waals surface area (Å²) in [4.78, 5) is 0. The molecule has 9 heavy (non-hydrogen) atoms. The molecule has 0 aromatic rings. The monoisotopic (exact) mass is 129 g/mol. The second-order valence-corrected chi connectivity index (χ2v) is 2.46. The molecule has 0 amide bonds. The van der Waals surface area contributed by atoms with Crippen molar-refractivity contribution in [1.82, 2.24) is 0 Å². The van der Waals surface area contributed by atoms with Gasteiger partial charge in [-0.05, 0) is 19.3 Å². The first-order valence-corrected chi connectivity index (χ1v) is 3.39. The Morgan fingerprint density at radius 2 is 2.33 bits per heavy atom. The summed E-state index contributed by atoms with van der Waals surface area (Å²) in [6, 6.07) is 0. The first kappa shape index (κ1) is 7.03. The van der Waals surface area contributed by atoms with Gasteiger partial charge in [0.15, 0.2) is 0 Å². The van der Waals surface area contributed by atoms with Gasteiger partial charge >= 0.3 is 0 Å². The van der Waals surface area contributed by atoms with Crippen LogP contribution in [0.25, 0.3) is 0 Å². The normalized spacial score (nSPS) is 36.7. The van der Waals surface area contributed by atoms with Crippen molar-refractivity contribution >= 4 is 0 Å². The highest BCUT2D eigenvalue weighted by atomic mass is 16.5. The lowest BCUT2D eigenvalue weighted by molar-refractivity contribution is 0.0594. The van der Waals surface area contributed by atoms with Gasteiger partial charge in [0.05, 0.1) is 12.2 Å². The maximum absolute atomic E-state index is 9.08. The summed E-state index contributed by atoms with van der Waals surface area (Å²) < 4.78 is 5.05. The van der Waals surface area contributed by atoms with Crippen LogP contribution in [0.1, 0.15) is 19.3 Å². The van der Waals surface area contributed by atoms with Crippen molar-refractivity contribution in [3.63, 3.8) is 0 Å². The molecule has 0 heterocycles. The zero-order valence-electron chi connectivity index (χ0n) is 5.71. The van der Waals surface area contributed by atoms with Gasteiger partial charge in [-0.3, -0.25) is 0 Å². The maximum Gasteiger partial charge on any atom is 0.0628 e. The third-order valence-electron chi connectivity index (χ3n) is 1.73. The van der Waals surface area contributed by atoms with Crippen molar-refractivity contribution in [1.29, 1.82) is 0 Å². The van der Waals surface area contributed by atoms with Crippen molar-refractivity contribution in [2.75, 3.05) is 7.11 Å². The predicted molar refractivity (Wildman–Crippen MR) is 35.0 cm³/mol. The molecule has 1 N–H and O–H groups in total. The van der Waals surface area contributed by atoms with E-state index in [9.17, 15) is 0 Å². The van der Waals surface area contributed by atoms with Gasteiger partial charge in [-0.15, -0.1) is 0 Å². The van der Waals surface area contributed by atoms with E-state index in [1.165, 1.54) is 0 Å². The maximum atomic E-state index is 9.08. The summed E-state index contributed by atoms with van der Waals surface area (Å²) in [5.41, 5.74) is 0. The van der Waals surface area contributed by atoms with Crippen LogP contribution in [0.4, 0.5) is 0 Å². The molecule has 1 saturated carbocycles. The van der Waals surface area contributed by atoms with Gasteiger partial charge in [0.2, 0.25) is 0 Å². The fourth-order valence-electron chi connectivity index (χ4n) is 1.16. The molecule has 2 heteroatoms. The van der Waals surface area contributed by atoms with E-state index in [-0.39, 0.29) is 12.2 Å². The molecular weight excluding hydrogens is 116 g/mol. The summed E-state index contributed by atoms with van der Waals surface area (Å²) in [6.45, 7) is 0. The van der Waals surface area contributed by atoms with Crippen LogP contribution in [0.15, 0.2) is 0 Å². The van der Waals surface area contributed by atoms with E-state index in [2.05, 4.69) is 0 Å². The Bertz CT molecular complexity index is 83.0. The molecule has 0 aromatic heterocycles. The van der Waals surface area contributed by atoms with Crippen molar-refractivity contribution < 1.29 is 9.84 Å². The number of aliphatic hydroxyl groups is 1. The molecule has 0 saturated heterocycles. The molecule has 0 bridgehead atoms. The van der Waals surface area contributed by atoms with Gasteiger partial charge in [0.1, 0.15) is 0 Å². The molecule has 2 atom stereocenters. The first-order valence-electron chi connectivity index (χ1n) is 3.39. The highest BCUT2D eigenvalue weighted by molar-refractivity contribution is 4.88. The third kappa shape index (κ3) is 1.95. The molecule has 1 radical (unpaired) electrons. The second kappa shape index (κ2) is 3.18. The molecular formula is C7H13O2. The number of hydrogen-bond acceptors (Lipinski definition) is 2. The molecule has 53 valence electrons. The second-order valence-electron chi connectivity index (χ2n) is 2.46. The Morgan fingerprint density at radius 3 is 2.78 bits per heavy atom. The Balaban J connectivity index is 2.23. The van der Waals surface area contributed by atoms with Crippen LogP contribution >= 0.6 is 0 Å². The molecule has 1 rings (SSSR count). The minimum absolute atomic E-state index is 0.189. The standard InChI is InChI=1S/C7H13O2/c1-9-7-4-2-3-6(8)5-7/h5-8H,2-4H2,1H3/t6-,7-/m1/s1. The average Bonchev–Trinajstić information content (AvgIpc) is 1.88. The van der Waals surface area contributed by atoms with Gasteiger partial charge in [0, 0.05) is 13.5 Å². The van der Waals surface area contributed by atoms with Crippen molar-refractivity contribution in [2.24, 2.45) is 0 Å². The van der Waals surface area contributed by atoms with Crippen LogP contribution in [0, 0.1) is 6.42 Å². The van der Waals surface area contributed by atoms with Crippen LogP contribution in [0.2, 0.25) is 0 Å². The zero-order valence-corrected chi connectivity index (χ0v) is 5.71. The summed E-state index contributed by atoms with van der Waals surface area (Å²) >= 11 is 0. The molecule has 0 unspecified atom stereocenters. The van der Waals surface area contributed by atoms with Gasteiger partial charge in [0.25, 0.3) is 0 Å². The first-order chi connectivity index (χ1) is 4.33. The lowest BCUT2D eigenvalue weighted by atomic mass is 9.95. The van der Waals surface area contributed by atoms with Gasteiger partial charge in [-0.25, -0.2) is 0 Å². The fraction of sp³-hybridized carbons (Fsp3) is 0.857. The molecule has 1 fully saturated rings. The molecule has 1 aliphatic rings. The molecule has 0 aliphatic heterocycles. The Labute approximate surface area is 55.8 Å². The largest absolute Gasteiger partial charge is 0.393 e.